The molecule has 3 rings (SSSR count). The molecule has 2 atom stereocenters. The molecule has 1 amide bonds. The first kappa shape index (κ1) is 12.8. The summed E-state index contributed by atoms with van der Waals surface area (Å²) >= 11 is 1.37. The third-order valence-electron chi connectivity index (χ3n) is 4.03. The lowest BCUT2D eigenvalue weighted by atomic mass is 10.1. The molecule has 0 radical (unpaired) electrons. The molecule has 5 heteroatoms. The van der Waals surface area contributed by atoms with Crippen molar-refractivity contribution in [3.05, 3.63) is 21.9 Å². The van der Waals surface area contributed by atoms with Gasteiger partial charge in [-0.05, 0) is 32.3 Å². The molecule has 1 aromatic heterocycles. The Morgan fingerprint density at radius 3 is 2.84 bits per heavy atom. The van der Waals surface area contributed by atoms with E-state index >= 15 is 0 Å². The van der Waals surface area contributed by atoms with E-state index in [4.69, 9.17) is 0 Å². The summed E-state index contributed by atoms with van der Waals surface area (Å²) in [7, 11) is 0. The number of hydrogen-bond donors (Lipinski definition) is 1. The standard InChI is InChI=1S/C14H18N2O2S/c1-9(17)10-6-13(19-8-10)14(18)16-5-4-11-2-3-12(7-16)15-11/h6,8,11-12,15H,2-5,7H2,1H3. The van der Waals surface area contributed by atoms with Gasteiger partial charge in [0.25, 0.3) is 5.91 Å². The fraction of sp³-hybridized carbons (Fsp3) is 0.571. The highest BCUT2D eigenvalue weighted by Gasteiger charge is 2.31. The van der Waals surface area contributed by atoms with Gasteiger partial charge in [-0.2, -0.15) is 0 Å². The molecule has 2 aliphatic heterocycles. The SMILES string of the molecule is CC(=O)c1csc(C(=O)N2CCC3CCC(C2)N3)c1. The summed E-state index contributed by atoms with van der Waals surface area (Å²) in [4.78, 5) is 26.4. The van der Waals surface area contributed by atoms with Crippen LogP contribution in [0.1, 0.15) is 46.2 Å². The van der Waals surface area contributed by atoms with Crippen molar-refractivity contribution < 1.29 is 9.59 Å². The van der Waals surface area contributed by atoms with Crippen LogP contribution in [0.25, 0.3) is 0 Å². The van der Waals surface area contributed by atoms with Gasteiger partial charge >= 0.3 is 0 Å². The lowest BCUT2D eigenvalue weighted by molar-refractivity contribution is 0.0753. The number of Topliss-reactive ketones (excluding diaryl/α,β-unsaturated/α-hetero) is 1. The summed E-state index contributed by atoms with van der Waals surface area (Å²) in [6.07, 6.45) is 3.44. The molecule has 2 unspecified atom stereocenters. The largest absolute Gasteiger partial charge is 0.336 e. The molecule has 0 aromatic carbocycles. The van der Waals surface area contributed by atoms with Gasteiger partial charge in [0.1, 0.15) is 0 Å². The van der Waals surface area contributed by atoms with Crippen molar-refractivity contribution in [1.29, 1.82) is 0 Å². The molecule has 0 aliphatic carbocycles. The highest BCUT2D eigenvalue weighted by molar-refractivity contribution is 7.12. The molecule has 0 spiro atoms. The van der Waals surface area contributed by atoms with Crippen molar-refractivity contribution in [1.82, 2.24) is 10.2 Å². The number of nitrogens with zero attached hydrogens (tertiary/aromatic N) is 1. The zero-order chi connectivity index (χ0) is 13.4. The zero-order valence-electron chi connectivity index (χ0n) is 11.0. The number of ketones is 1. The van der Waals surface area contributed by atoms with Crippen LogP contribution in [0.15, 0.2) is 11.4 Å². The van der Waals surface area contributed by atoms with E-state index in [2.05, 4.69) is 5.32 Å². The third kappa shape index (κ3) is 2.58. The van der Waals surface area contributed by atoms with Crippen molar-refractivity contribution >= 4 is 23.0 Å². The van der Waals surface area contributed by atoms with E-state index in [1.165, 1.54) is 24.7 Å². The first-order valence-corrected chi connectivity index (χ1v) is 7.66. The fourth-order valence-electron chi connectivity index (χ4n) is 2.92. The van der Waals surface area contributed by atoms with Crippen LogP contribution in [0, 0.1) is 0 Å². The van der Waals surface area contributed by atoms with Gasteiger partial charge in [0, 0.05) is 36.1 Å². The second-order valence-corrected chi connectivity index (χ2v) is 6.34. The zero-order valence-corrected chi connectivity index (χ0v) is 11.8. The molecule has 1 aromatic rings. The Bertz CT molecular complexity index is 511. The van der Waals surface area contributed by atoms with E-state index in [0.717, 1.165) is 25.9 Å². The molecule has 0 saturated carbocycles. The molecular weight excluding hydrogens is 260 g/mol. The quantitative estimate of drug-likeness (QED) is 0.841. The lowest BCUT2D eigenvalue weighted by Gasteiger charge is -2.23. The summed E-state index contributed by atoms with van der Waals surface area (Å²) in [5.74, 6) is 0.0961. The number of hydrogen-bond acceptors (Lipinski definition) is 4. The van der Waals surface area contributed by atoms with Gasteiger partial charge in [0.15, 0.2) is 5.78 Å². The van der Waals surface area contributed by atoms with Gasteiger partial charge in [-0.3, -0.25) is 9.59 Å². The number of rotatable bonds is 2. The number of amides is 1. The summed E-state index contributed by atoms with van der Waals surface area (Å²) < 4.78 is 0. The Labute approximate surface area is 116 Å². The smallest absolute Gasteiger partial charge is 0.263 e. The Morgan fingerprint density at radius 1 is 1.32 bits per heavy atom. The molecule has 1 N–H and O–H groups in total. The van der Waals surface area contributed by atoms with Crippen LogP contribution in [-0.2, 0) is 0 Å². The maximum Gasteiger partial charge on any atom is 0.263 e. The topological polar surface area (TPSA) is 49.4 Å². The minimum Gasteiger partial charge on any atom is -0.336 e. The number of carbonyl (C=O) groups is 2. The highest BCUT2D eigenvalue weighted by atomic mass is 32.1. The first-order chi connectivity index (χ1) is 9.13. The highest BCUT2D eigenvalue weighted by Crippen LogP contribution is 2.23. The molecule has 102 valence electrons. The summed E-state index contributed by atoms with van der Waals surface area (Å²) in [5.41, 5.74) is 0.641. The van der Waals surface area contributed by atoms with Crippen LogP contribution in [0.3, 0.4) is 0 Å². The second-order valence-electron chi connectivity index (χ2n) is 5.43. The maximum absolute atomic E-state index is 12.5. The van der Waals surface area contributed by atoms with Gasteiger partial charge in [0.05, 0.1) is 4.88 Å². The molecule has 3 heterocycles. The molecule has 2 saturated heterocycles. The van der Waals surface area contributed by atoms with Gasteiger partial charge < -0.3 is 10.2 Å². The molecule has 4 nitrogen and oxygen atoms in total. The maximum atomic E-state index is 12.5. The Hall–Kier alpha value is -1.20. The normalized spacial score (nSPS) is 26.3. The predicted molar refractivity (Wildman–Crippen MR) is 74.8 cm³/mol. The Morgan fingerprint density at radius 2 is 2.11 bits per heavy atom. The molecule has 2 aliphatic rings. The van der Waals surface area contributed by atoms with E-state index in [0.29, 0.717) is 22.5 Å². The molecule has 2 bridgehead atoms. The monoisotopic (exact) mass is 278 g/mol. The number of likely N-dealkylation sites (tertiary alicyclic amines) is 1. The van der Waals surface area contributed by atoms with Crippen LogP contribution < -0.4 is 5.32 Å². The lowest BCUT2D eigenvalue weighted by Crippen LogP contribution is -2.38. The summed E-state index contributed by atoms with van der Waals surface area (Å²) in [6.45, 7) is 3.15. The van der Waals surface area contributed by atoms with Crippen molar-refractivity contribution in [2.45, 2.75) is 38.3 Å². The minimum absolute atomic E-state index is 0.0203. The first-order valence-electron chi connectivity index (χ1n) is 6.78. The average Bonchev–Trinajstić information content (AvgIpc) is 2.95. The van der Waals surface area contributed by atoms with E-state index in [1.54, 1.807) is 11.4 Å². The minimum atomic E-state index is 0.0203. The van der Waals surface area contributed by atoms with Gasteiger partial charge in [-0.15, -0.1) is 11.3 Å². The van der Waals surface area contributed by atoms with Gasteiger partial charge in [-0.25, -0.2) is 0 Å². The van der Waals surface area contributed by atoms with Crippen LogP contribution in [0.4, 0.5) is 0 Å². The van der Waals surface area contributed by atoms with Crippen LogP contribution in [0.2, 0.25) is 0 Å². The summed E-state index contributed by atoms with van der Waals surface area (Å²) in [5, 5.41) is 5.34. The van der Waals surface area contributed by atoms with Crippen molar-refractivity contribution in [2.75, 3.05) is 13.1 Å². The van der Waals surface area contributed by atoms with Gasteiger partial charge in [-0.1, -0.05) is 0 Å². The van der Waals surface area contributed by atoms with Crippen molar-refractivity contribution in [3.63, 3.8) is 0 Å². The van der Waals surface area contributed by atoms with Gasteiger partial charge in [0.2, 0.25) is 0 Å². The molecule has 19 heavy (non-hydrogen) atoms. The number of fused-ring (bicyclic) bond motifs is 2. The van der Waals surface area contributed by atoms with E-state index in [-0.39, 0.29) is 11.7 Å². The summed E-state index contributed by atoms with van der Waals surface area (Å²) in [6, 6.07) is 2.76. The van der Waals surface area contributed by atoms with E-state index in [9.17, 15) is 9.59 Å². The molecule has 2 fully saturated rings. The Balaban J connectivity index is 1.73. The van der Waals surface area contributed by atoms with E-state index < -0.39 is 0 Å². The van der Waals surface area contributed by atoms with Crippen LogP contribution in [-0.4, -0.2) is 41.8 Å². The number of thiophene rings is 1. The predicted octanol–water partition coefficient (Wildman–Crippen LogP) is 1.92. The van der Waals surface area contributed by atoms with Crippen molar-refractivity contribution in [3.8, 4) is 0 Å². The molecular formula is C14H18N2O2S. The van der Waals surface area contributed by atoms with E-state index in [1.807, 2.05) is 4.90 Å². The Kier molecular flexibility index (Phi) is 3.41. The average molecular weight is 278 g/mol. The van der Waals surface area contributed by atoms with Crippen LogP contribution >= 0.6 is 11.3 Å². The fourth-order valence-corrected chi connectivity index (χ4v) is 3.83. The number of nitrogens with one attached hydrogen (secondary N) is 1. The number of carbonyl (C=O) groups excluding carboxylic acids is 2. The van der Waals surface area contributed by atoms with Crippen molar-refractivity contribution in [2.24, 2.45) is 0 Å². The second kappa shape index (κ2) is 5.06. The third-order valence-corrected chi connectivity index (χ3v) is 4.95. The van der Waals surface area contributed by atoms with Crippen LogP contribution in [0.5, 0.6) is 0 Å².